The molecule has 1 fully saturated rings. The van der Waals surface area contributed by atoms with Crippen molar-refractivity contribution in [3.8, 4) is 0 Å². The maximum Gasteiger partial charge on any atom is 0.262 e. The number of amides is 1. The van der Waals surface area contributed by atoms with Gasteiger partial charge in [-0.3, -0.25) is 9.52 Å². The summed E-state index contributed by atoms with van der Waals surface area (Å²) < 4.78 is 40.9. The van der Waals surface area contributed by atoms with Crippen molar-refractivity contribution >= 4 is 34.0 Å². The van der Waals surface area contributed by atoms with Gasteiger partial charge in [0.05, 0.1) is 10.6 Å². The topological polar surface area (TPSA) is 87.3 Å². The van der Waals surface area contributed by atoms with E-state index in [4.69, 9.17) is 0 Å². The SMILES string of the molecule is Cl.O=C(N[C@H]1CCCNC1)c1cccc(S(=O)(=O)Nc2ccccc2F)c1. The molecule has 2 aromatic carbocycles. The van der Waals surface area contributed by atoms with Crippen molar-refractivity contribution in [3.05, 3.63) is 59.9 Å². The fourth-order valence-electron chi connectivity index (χ4n) is 2.80. The fraction of sp³-hybridized carbons (Fsp3) is 0.278. The minimum atomic E-state index is -4.01. The lowest BCUT2D eigenvalue weighted by Gasteiger charge is -2.23. The summed E-state index contributed by atoms with van der Waals surface area (Å²) >= 11 is 0. The van der Waals surface area contributed by atoms with Crippen LogP contribution in [0.15, 0.2) is 53.4 Å². The van der Waals surface area contributed by atoms with Crippen LogP contribution in [-0.2, 0) is 10.0 Å². The number of rotatable bonds is 5. The van der Waals surface area contributed by atoms with Crippen LogP contribution in [-0.4, -0.2) is 33.5 Å². The Kier molecular flexibility index (Phi) is 7.18. The van der Waals surface area contributed by atoms with Crippen molar-refractivity contribution in [2.75, 3.05) is 17.8 Å². The third kappa shape index (κ3) is 5.41. The summed E-state index contributed by atoms with van der Waals surface area (Å²) in [5.74, 6) is -1.00. The zero-order chi connectivity index (χ0) is 18.6. The summed E-state index contributed by atoms with van der Waals surface area (Å²) in [7, 11) is -4.01. The van der Waals surface area contributed by atoms with E-state index >= 15 is 0 Å². The van der Waals surface area contributed by atoms with Crippen LogP contribution in [0.25, 0.3) is 0 Å². The molecule has 1 atom stereocenters. The van der Waals surface area contributed by atoms with Gasteiger partial charge in [0.2, 0.25) is 0 Å². The van der Waals surface area contributed by atoms with Crippen LogP contribution in [0.4, 0.5) is 10.1 Å². The van der Waals surface area contributed by atoms with Crippen LogP contribution in [0, 0.1) is 5.82 Å². The van der Waals surface area contributed by atoms with Gasteiger partial charge < -0.3 is 10.6 Å². The van der Waals surface area contributed by atoms with Crippen molar-refractivity contribution in [2.24, 2.45) is 0 Å². The molecule has 6 nitrogen and oxygen atoms in total. The Bertz CT molecular complexity index is 902. The lowest BCUT2D eigenvalue weighted by atomic mass is 10.1. The van der Waals surface area contributed by atoms with Gasteiger partial charge in [0.25, 0.3) is 15.9 Å². The van der Waals surface area contributed by atoms with Crippen LogP contribution in [0.2, 0.25) is 0 Å². The number of halogens is 2. The molecule has 1 heterocycles. The number of piperidine rings is 1. The molecule has 0 radical (unpaired) electrons. The van der Waals surface area contributed by atoms with Gasteiger partial charge in [-0.15, -0.1) is 12.4 Å². The predicted octanol–water partition coefficient (Wildman–Crippen LogP) is 2.53. The molecule has 1 aliphatic heterocycles. The van der Waals surface area contributed by atoms with E-state index in [-0.39, 0.29) is 40.5 Å². The Balaban J connectivity index is 0.00000261. The monoisotopic (exact) mass is 413 g/mol. The second-order valence-corrected chi connectivity index (χ2v) is 7.81. The van der Waals surface area contributed by atoms with Crippen LogP contribution in [0.5, 0.6) is 0 Å². The second kappa shape index (κ2) is 9.16. The quantitative estimate of drug-likeness (QED) is 0.703. The van der Waals surface area contributed by atoms with Crippen LogP contribution in [0.1, 0.15) is 23.2 Å². The molecule has 0 aromatic heterocycles. The summed E-state index contributed by atoms with van der Waals surface area (Å²) in [6.07, 6.45) is 1.86. The average molecular weight is 414 g/mol. The Morgan fingerprint density at radius 3 is 2.63 bits per heavy atom. The van der Waals surface area contributed by atoms with Gasteiger partial charge in [-0.2, -0.15) is 0 Å². The lowest BCUT2D eigenvalue weighted by Crippen LogP contribution is -2.45. The molecule has 146 valence electrons. The number of para-hydroxylation sites is 1. The number of sulfonamides is 1. The Labute approximate surface area is 164 Å². The minimum absolute atomic E-state index is 0. The number of carbonyl (C=O) groups is 1. The highest BCUT2D eigenvalue weighted by Gasteiger charge is 2.20. The molecular weight excluding hydrogens is 393 g/mol. The Hall–Kier alpha value is -2.16. The normalized spacial score (nSPS) is 16.9. The molecule has 3 N–H and O–H groups in total. The molecule has 2 aromatic rings. The van der Waals surface area contributed by atoms with E-state index in [0.717, 1.165) is 19.4 Å². The highest BCUT2D eigenvalue weighted by Crippen LogP contribution is 2.19. The van der Waals surface area contributed by atoms with Gasteiger partial charge in [0, 0.05) is 18.2 Å². The van der Waals surface area contributed by atoms with Gasteiger partial charge in [0.15, 0.2) is 0 Å². The van der Waals surface area contributed by atoms with Crippen LogP contribution in [0.3, 0.4) is 0 Å². The molecule has 0 aliphatic carbocycles. The molecule has 1 aliphatic rings. The highest BCUT2D eigenvalue weighted by atomic mass is 35.5. The number of benzene rings is 2. The molecule has 0 spiro atoms. The van der Waals surface area contributed by atoms with Gasteiger partial charge in [-0.05, 0) is 49.7 Å². The third-order valence-electron chi connectivity index (χ3n) is 4.16. The first kappa shape index (κ1) is 21.1. The predicted molar refractivity (Wildman–Crippen MR) is 104 cm³/mol. The third-order valence-corrected chi connectivity index (χ3v) is 5.52. The summed E-state index contributed by atoms with van der Waals surface area (Å²) in [4.78, 5) is 12.3. The summed E-state index contributed by atoms with van der Waals surface area (Å²) in [6.45, 7) is 1.63. The number of nitrogens with one attached hydrogen (secondary N) is 3. The molecule has 27 heavy (non-hydrogen) atoms. The van der Waals surface area contributed by atoms with Crippen molar-refractivity contribution < 1.29 is 17.6 Å². The molecule has 1 saturated heterocycles. The van der Waals surface area contributed by atoms with Gasteiger partial charge >= 0.3 is 0 Å². The van der Waals surface area contributed by atoms with E-state index in [9.17, 15) is 17.6 Å². The van der Waals surface area contributed by atoms with Crippen molar-refractivity contribution in [2.45, 2.75) is 23.8 Å². The summed E-state index contributed by atoms with van der Waals surface area (Å²) in [5, 5.41) is 6.10. The van der Waals surface area contributed by atoms with E-state index in [1.807, 2.05) is 0 Å². The number of hydrogen-bond acceptors (Lipinski definition) is 4. The second-order valence-electron chi connectivity index (χ2n) is 6.13. The lowest BCUT2D eigenvalue weighted by molar-refractivity contribution is 0.0930. The van der Waals surface area contributed by atoms with E-state index < -0.39 is 15.8 Å². The first-order valence-corrected chi connectivity index (χ1v) is 9.83. The number of carbonyl (C=O) groups excluding carboxylic acids is 1. The smallest absolute Gasteiger partial charge is 0.262 e. The van der Waals surface area contributed by atoms with Crippen LogP contribution >= 0.6 is 12.4 Å². The van der Waals surface area contributed by atoms with Gasteiger partial charge in [-0.25, -0.2) is 12.8 Å². The fourth-order valence-corrected chi connectivity index (χ4v) is 3.91. The Morgan fingerprint density at radius 1 is 1.15 bits per heavy atom. The maximum atomic E-state index is 13.7. The van der Waals surface area contributed by atoms with E-state index in [0.29, 0.717) is 6.54 Å². The summed E-state index contributed by atoms with van der Waals surface area (Å²) in [5.41, 5.74) is 0.0996. The highest BCUT2D eigenvalue weighted by molar-refractivity contribution is 7.92. The zero-order valence-corrected chi connectivity index (χ0v) is 16.1. The zero-order valence-electron chi connectivity index (χ0n) is 14.4. The average Bonchev–Trinajstić information content (AvgIpc) is 2.64. The molecular formula is C18H21ClFN3O3S. The first-order chi connectivity index (χ1) is 12.5. The first-order valence-electron chi connectivity index (χ1n) is 8.35. The van der Waals surface area contributed by atoms with E-state index in [1.54, 1.807) is 6.07 Å². The molecule has 0 unspecified atom stereocenters. The molecule has 1 amide bonds. The van der Waals surface area contributed by atoms with E-state index in [2.05, 4.69) is 15.4 Å². The maximum absolute atomic E-state index is 13.7. The van der Waals surface area contributed by atoms with Gasteiger partial charge in [-0.1, -0.05) is 18.2 Å². The number of anilines is 1. The Morgan fingerprint density at radius 2 is 1.93 bits per heavy atom. The van der Waals surface area contributed by atoms with Crippen LogP contribution < -0.4 is 15.4 Å². The van der Waals surface area contributed by atoms with Crippen molar-refractivity contribution in [1.29, 1.82) is 0 Å². The standard InChI is InChI=1S/C18H20FN3O3S.ClH/c19-16-8-1-2-9-17(16)22-26(24,25)15-7-3-5-13(11-15)18(23)21-14-6-4-10-20-12-14;/h1-3,5,7-9,11,14,20,22H,4,6,10,12H2,(H,21,23);1H/t14-;/m0./s1. The summed E-state index contributed by atoms with van der Waals surface area (Å²) in [6, 6.07) is 11.2. The molecule has 3 rings (SSSR count). The largest absolute Gasteiger partial charge is 0.348 e. The van der Waals surface area contributed by atoms with Crippen molar-refractivity contribution in [1.82, 2.24) is 10.6 Å². The molecule has 0 saturated carbocycles. The van der Waals surface area contributed by atoms with Gasteiger partial charge in [0.1, 0.15) is 5.82 Å². The molecule has 9 heteroatoms. The van der Waals surface area contributed by atoms with E-state index in [1.165, 1.54) is 42.5 Å². The minimum Gasteiger partial charge on any atom is -0.348 e. The molecule has 0 bridgehead atoms. The number of hydrogen-bond donors (Lipinski definition) is 3. The van der Waals surface area contributed by atoms with Crippen molar-refractivity contribution in [3.63, 3.8) is 0 Å².